The Bertz CT molecular complexity index is 2280. The van der Waals surface area contributed by atoms with E-state index in [-0.39, 0.29) is 37.3 Å². The van der Waals surface area contributed by atoms with Crippen LogP contribution in [0.5, 0.6) is 5.88 Å². The molecule has 2 aliphatic rings. The lowest BCUT2D eigenvalue weighted by Gasteiger charge is -2.33. The topological polar surface area (TPSA) is 189 Å². The lowest BCUT2D eigenvalue weighted by Crippen LogP contribution is -2.61. The Kier molecular flexibility index (Phi) is 11.3. The van der Waals surface area contributed by atoms with E-state index in [1.54, 1.807) is 13.0 Å². The second-order valence-corrected chi connectivity index (χ2v) is 15.1. The van der Waals surface area contributed by atoms with Crippen LogP contribution < -0.4 is 15.4 Å². The van der Waals surface area contributed by atoms with Gasteiger partial charge in [0, 0.05) is 31.3 Å². The summed E-state index contributed by atoms with van der Waals surface area (Å²) in [5, 5.41) is 17.2. The normalized spacial score (nSPS) is 20.6. The number of carbonyl (C=O) groups is 4. The molecule has 5 atom stereocenters. The van der Waals surface area contributed by atoms with E-state index in [9.17, 15) is 24.3 Å². The molecule has 1 saturated heterocycles. The number of nitrogens with zero attached hydrogens (tertiary/aromatic N) is 6. The molecule has 3 N–H and O–H groups in total. The van der Waals surface area contributed by atoms with Gasteiger partial charge in [0.15, 0.2) is 11.2 Å². The first-order valence-corrected chi connectivity index (χ1v) is 19.4. The van der Waals surface area contributed by atoms with E-state index >= 15 is 0 Å². The molecular formula is C41H42N8O6S. The summed E-state index contributed by atoms with van der Waals surface area (Å²) in [6.07, 6.45) is 8.50. The van der Waals surface area contributed by atoms with Gasteiger partial charge in [-0.3, -0.25) is 19.3 Å². The molecular weight excluding hydrogens is 733 g/mol. The van der Waals surface area contributed by atoms with Crippen molar-refractivity contribution in [2.45, 2.75) is 75.6 Å². The van der Waals surface area contributed by atoms with Crippen LogP contribution in [0.25, 0.3) is 32.0 Å². The number of aliphatic carboxylic acids is 1. The number of nitrogens with one attached hydrogen (secondary N) is 2. The minimum absolute atomic E-state index is 0.0000284. The second-order valence-electron chi connectivity index (χ2n) is 14.0. The van der Waals surface area contributed by atoms with Crippen molar-refractivity contribution < 1.29 is 29.0 Å². The lowest BCUT2D eigenvalue weighted by atomic mass is 10.0. The quantitative estimate of drug-likeness (QED) is 0.0853. The number of thiazole rings is 1. The van der Waals surface area contributed by atoms with Crippen LogP contribution in [-0.2, 0) is 14.4 Å². The van der Waals surface area contributed by atoms with E-state index in [0.717, 1.165) is 34.4 Å². The Morgan fingerprint density at radius 2 is 1.73 bits per heavy atom. The van der Waals surface area contributed by atoms with Gasteiger partial charge in [-0.1, -0.05) is 49.3 Å². The van der Waals surface area contributed by atoms with Crippen molar-refractivity contribution >= 4 is 56.3 Å². The summed E-state index contributed by atoms with van der Waals surface area (Å²) in [6, 6.07) is 13.0. The number of rotatable bonds is 16. The van der Waals surface area contributed by atoms with Crippen LogP contribution in [0.1, 0.15) is 61.1 Å². The molecule has 0 radical (unpaired) electrons. The number of imide groups is 1. The van der Waals surface area contributed by atoms with Crippen molar-refractivity contribution in [2.24, 2.45) is 5.92 Å². The number of para-hydroxylation sites is 3. The molecule has 5 aromatic rings. The first-order valence-electron chi connectivity index (χ1n) is 18.6. The molecule has 1 aliphatic carbocycles. The second kappa shape index (κ2) is 16.4. The number of unbranched alkanes of at least 4 members (excludes halogenated alkanes) is 3. The van der Waals surface area contributed by atoms with E-state index in [1.807, 2.05) is 48.5 Å². The molecule has 2 unspecified atom stereocenters. The van der Waals surface area contributed by atoms with Crippen LogP contribution in [0.4, 0.5) is 0 Å². The smallest absolute Gasteiger partial charge is 0.330 e. The predicted molar refractivity (Wildman–Crippen MR) is 211 cm³/mol. The largest absolute Gasteiger partial charge is 0.479 e. The van der Waals surface area contributed by atoms with Crippen molar-refractivity contribution in [2.75, 3.05) is 6.54 Å². The number of aryl methyl sites for hydroxylation is 1. The summed E-state index contributed by atoms with van der Waals surface area (Å²) in [5.74, 6) is -3.46. The van der Waals surface area contributed by atoms with Gasteiger partial charge in [-0.2, -0.15) is 0 Å². The zero-order valence-corrected chi connectivity index (χ0v) is 31.7. The Labute approximate surface area is 327 Å². The SMILES string of the molecule is C=CCCCCC[C@H](NC(=O)c1cnc(C)nc1)C(=O)N(C(=O)[C@@H]1C[C@@H](Oc2nc3ccccc3nc2-c2nc3ccccc3s2)CN1)C1(C(=O)O)CC1C=C. The van der Waals surface area contributed by atoms with Crippen LogP contribution in [0.15, 0.2) is 86.2 Å². The first-order chi connectivity index (χ1) is 27.1. The number of ether oxygens (including phenoxy) is 1. The van der Waals surface area contributed by atoms with Gasteiger partial charge in [-0.15, -0.1) is 24.5 Å². The third-order valence-corrected chi connectivity index (χ3v) is 11.3. The number of carbonyl (C=O) groups excluding carboxylic acids is 3. The van der Waals surface area contributed by atoms with Crippen molar-refractivity contribution in [3.63, 3.8) is 0 Å². The average Bonchev–Trinajstić information content (AvgIpc) is 3.49. The van der Waals surface area contributed by atoms with Crippen LogP contribution >= 0.6 is 11.3 Å². The van der Waals surface area contributed by atoms with Gasteiger partial charge in [0.25, 0.3) is 11.8 Å². The highest BCUT2D eigenvalue weighted by atomic mass is 32.1. The molecule has 0 spiro atoms. The molecule has 1 aliphatic heterocycles. The van der Waals surface area contributed by atoms with E-state index < -0.39 is 53.3 Å². The maximum atomic E-state index is 14.7. The molecule has 288 valence electrons. The van der Waals surface area contributed by atoms with Gasteiger partial charge in [0.1, 0.15) is 23.0 Å². The molecule has 14 nitrogen and oxygen atoms in total. The van der Waals surface area contributed by atoms with Crippen molar-refractivity contribution in [1.29, 1.82) is 0 Å². The van der Waals surface area contributed by atoms with Crippen molar-refractivity contribution in [3.05, 3.63) is 97.6 Å². The zero-order chi connectivity index (χ0) is 39.4. The Morgan fingerprint density at radius 3 is 2.41 bits per heavy atom. The fraction of sp³-hybridized carbons (Fsp3) is 0.341. The Balaban J connectivity index is 1.16. The fourth-order valence-corrected chi connectivity index (χ4v) is 8.05. The standard InChI is InChI=1S/C41H42N8O6S/c1-4-6-7-8-9-17-31(46-35(50)25-21-42-24(3)43-22-25)38(51)49(41(40(53)54)20-26(41)5-2)39(52)32-19-27(23-44-32)55-36-34(45-28-14-10-11-15-29(28)47-36)37-48-30-16-12-13-18-33(30)56-37/h4-5,10-16,18,21-22,26-27,31-32,44H,1-2,6-9,17,19-20,23H2,3H3,(H,46,50)(H,53,54)/t26?,27-,31+,32+,41?/m1/s1. The lowest BCUT2D eigenvalue weighted by molar-refractivity contribution is -0.162. The average molecular weight is 775 g/mol. The van der Waals surface area contributed by atoms with Gasteiger partial charge in [-0.25, -0.2) is 29.7 Å². The number of hydrogen-bond donors (Lipinski definition) is 3. The van der Waals surface area contributed by atoms with Crippen LogP contribution in [-0.4, -0.2) is 88.9 Å². The summed E-state index contributed by atoms with van der Waals surface area (Å²) in [7, 11) is 0. The molecule has 56 heavy (non-hydrogen) atoms. The number of allylic oxidation sites excluding steroid dienone is 1. The number of hydrogen-bond acceptors (Lipinski definition) is 12. The van der Waals surface area contributed by atoms with Gasteiger partial charge in [-0.05, 0) is 56.9 Å². The highest BCUT2D eigenvalue weighted by Crippen LogP contribution is 2.50. The fourth-order valence-electron chi connectivity index (χ4n) is 7.11. The Hall–Kier alpha value is -5.93. The number of amides is 3. The Morgan fingerprint density at radius 1 is 1.02 bits per heavy atom. The van der Waals surface area contributed by atoms with Crippen molar-refractivity contribution in [3.8, 4) is 16.6 Å². The van der Waals surface area contributed by atoms with Crippen LogP contribution in [0.3, 0.4) is 0 Å². The summed E-state index contributed by atoms with van der Waals surface area (Å²) in [5.41, 5.74) is 0.817. The third-order valence-electron chi connectivity index (χ3n) is 10.2. The van der Waals surface area contributed by atoms with E-state index in [1.165, 1.54) is 29.8 Å². The van der Waals surface area contributed by atoms with E-state index in [2.05, 4.69) is 33.8 Å². The monoisotopic (exact) mass is 774 g/mol. The molecule has 7 rings (SSSR count). The van der Waals surface area contributed by atoms with Gasteiger partial charge < -0.3 is 20.5 Å². The highest BCUT2D eigenvalue weighted by Gasteiger charge is 2.67. The minimum atomic E-state index is -1.86. The summed E-state index contributed by atoms with van der Waals surface area (Å²) >= 11 is 1.46. The molecule has 15 heteroatoms. The summed E-state index contributed by atoms with van der Waals surface area (Å²) in [4.78, 5) is 79.2. The molecule has 3 amide bonds. The molecule has 0 bridgehead atoms. The summed E-state index contributed by atoms with van der Waals surface area (Å²) < 4.78 is 7.46. The maximum absolute atomic E-state index is 14.7. The predicted octanol–water partition coefficient (Wildman–Crippen LogP) is 5.43. The number of carboxylic acids is 1. The van der Waals surface area contributed by atoms with Crippen molar-refractivity contribution in [1.82, 2.24) is 40.5 Å². The van der Waals surface area contributed by atoms with Crippen LogP contribution in [0, 0.1) is 12.8 Å². The first kappa shape index (κ1) is 38.3. The van der Waals surface area contributed by atoms with Gasteiger partial charge in [0.05, 0.1) is 32.9 Å². The molecule has 3 aromatic heterocycles. The molecule has 4 heterocycles. The number of fused-ring (bicyclic) bond motifs is 2. The third kappa shape index (κ3) is 7.77. The van der Waals surface area contributed by atoms with E-state index in [0.29, 0.717) is 34.0 Å². The molecule has 2 fully saturated rings. The zero-order valence-electron chi connectivity index (χ0n) is 30.9. The number of carboxylic acid groups (broad SMARTS) is 1. The number of benzene rings is 2. The van der Waals surface area contributed by atoms with Crippen LogP contribution in [0.2, 0.25) is 0 Å². The van der Waals surface area contributed by atoms with Gasteiger partial charge >= 0.3 is 5.97 Å². The number of aromatic nitrogens is 5. The summed E-state index contributed by atoms with van der Waals surface area (Å²) in [6.45, 7) is 9.43. The highest BCUT2D eigenvalue weighted by molar-refractivity contribution is 7.21. The molecule has 1 saturated carbocycles. The van der Waals surface area contributed by atoms with E-state index in [4.69, 9.17) is 19.7 Å². The molecule has 2 aromatic carbocycles. The van der Waals surface area contributed by atoms with Gasteiger partial charge in [0.2, 0.25) is 11.8 Å². The minimum Gasteiger partial charge on any atom is -0.479 e. The maximum Gasteiger partial charge on any atom is 0.330 e.